The van der Waals surface area contributed by atoms with Gasteiger partial charge in [-0.1, -0.05) is 41.0 Å². The first-order valence-corrected chi connectivity index (χ1v) is 6.79. The minimum Gasteiger partial charge on any atom is -0.355 e. The van der Waals surface area contributed by atoms with Crippen LogP contribution in [0.25, 0.3) is 0 Å². The monoisotopic (exact) mass is 240 g/mol. The van der Waals surface area contributed by atoms with Gasteiger partial charge in [0.1, 0.15) is 0 Å². The van der Waals surface area contributed by atoms with E-state index >= 15 is 0 Å². The topological polar surface area (TPSA) is 41.1 Å². The summed E-state index contributed by atoms with van der Waals surface area (Å²) in [6, 6.07) is 0.333. The molecule has 0 heterocycles. The average molecular weight is 240 g/mol. The fourth-order valence-electron chi connectivity index (χ4n) is 2.48. The maximum absolute atomic E-state index is 11.8. The van der Waals surface area contributed by atoms with E-state index in [-0.39, 0.29) is 22.8 Å². The second-order valence-corrected chi connectivity index (χ2v) is 6.41. The average Bonchev–Trinajstić information content (AvgIpc) is 2.61. The van der Waals surface area contributed by atoms with Crippen LogP contribution in [-0.2, 0) is 4.79 Å². The lowest BCUT2D eigenvalue weighted by atomic mass is 10.0. The molecule has 100 valence electrons. The Morgan fingerprint density at radius 1 is 1.24 bits per heavy atom. The molecule has 1 aliphatic rings. The summed E-state index contributed by atoms with van der Waals surface area (Å²) < 4.78 is 0. The van der Waals surface area contributed by atoms with Crippen molar-refractivity contribution in [3.8, 4) is 0 Å². The van der Waals surface area contributed by atoms with Crippen LogP contribution in [0.3, 0.4) is 0 Å². The Morgan fingerprint density at radius 3 is 2.18 bits per heavy atom. The van der Waals surface area contributed by atoms with Crippen molar-refractivity contribution in [2.75, 3.05) is 6.54 Å². The van der Waals surface area contributed by atoms with E-state index in [1.165, 1.54) is 0 Å². The molecule has 1 aliphatic carbocycles. The first-order valence-electron chi connectivity index (χ1n) is 6.79. The highest BCUT2D eigenvalue weighted by molar-refractivity contribution is 5.81. The van der Waals surface area contributed by atoms with Gasteiger partial charge in [0.15, 0.2) is 0 Å². The quantitative estimate of drug-likeness (QED) is 0.700. The fourth-order valence-corrected chi connectivity index (χ4v) is 2.48. The van der Waals surface area contributed by atoms with Gasteiger partial charge in [0.25, 0.3) is 0 Å². The van der Waals surface area contributed by atoms with E-state index in [2.05, 4.69) is 45.3 Å². The van der Waals surface area contributed by atoms with Gasteiger partial charge in [0.2, 0.25) is 5.91 Å². The molecule has 1 rings (SSSR count). The Kier molecular flexibility index (Phi) is 4.23. The second kappa shape index (κ2) is 4.97. The lowest BCUT2D eigenvalue weighted by molar-refractivity contribution is -0.122. The molecule has 0 aromatic heterocycles. The van der Waals surface area contributed by atoms with Crippen LogP contribution in [0.1, 0.15) is 54.4 Å². The second-order valence-electron chi connectivity index (χ2n) is 6.41. The summed E-state index contributed by atoms with van der Waals surface area (Å²) in [7, 11) is 0. The van der Waals surface area contributed by atoms with Crippen molar-refractivity contribution in [2.24, 2.45) is 10.8 Å². The van der Waals surface area contributed by atoms with Gasteiger partial charge in [-0.2, -0.15) is 0 Å². The Bertz CT molecular complexity index is 270. The number of carbonyl (C=O) groups excluding carboxylic acids is 1. The lowest BCUT2D eigenvalue weighted by Gasteiger charge is -2.15. The van der Waals surface area contributed by atoms with Gasteiger partial charge in [0.05, 0.1) is 6.04 Å². The molecule has 0 aromatic carbocycles. The number of rotatable bonds is 6. The number of carbonyl (C=O) groups is 1. The smallest absolute Gasteiger partial charge is 0.236 e. The number of hydrogen-bond acceptors (Lipinski definition) is 2. The molecule has 17 heavy (non-hydrogen) atoms. The molecule has 3 heteroatoms. The summed E-state index contributed by atoms with van der Waals surface area (Å²) in [6.45, 7) is 13.9. The SMILES string of the molecule is CCCCNC(=O)C(C)NC1C(C)(C)C1(C)C. The van der Waals surface area contributed by atoms with Crippen molar-refractivity contribution in [1.82, 2.24) is 10.6 Å². The predicted octanol–water partition coefficient (Wildman–Crippen LogP) is 2.32. The molecule has 0 saturated heterocycles. The molecule has 0 bridgehead atoms. The van der Waals surface area contributed by atoms with Crippen molar-refractivity contribution in [3.63, 3.8) is 0 Å². The highest BCUT2D eigenvalue weighted by Gasteiger charge is 2.64. The Balaban J connectivity index is 2.36. The fraction of sp³-hybridized carbons (Fsp3) is 0.929. The van der Waals surface area contributed by atoms with Crippen LogP contribution < -0.4 is 10.6 Å². The van der Waals surface area contributed by atoms with Gasteiger partial charge in [0, 0.05) is 12.6 Å². The molecule has 1 fully saturated rings. The number of nitrogens with one attached hydrogen (secondary N) is 2. The summed E-state index contributed by atoms with van der Waals surface area (Å²) in [5, 5.41) is 6.42. The van der Waals surface area contributed by atoms with Crippen LogP contribution in [0.15, 0.2) is 0 Å². The van der Waals surface area contributed by atoms with E-state index in [1.54, 1.807) is 0 Å². The predicted molar refractivity (Wildman–Crippen MR) is 71.9 cm³/mol. The largest absolute Gasteiger partial charge is 0.355 e. The lowest BCUT2D eigenvalue weighted by Crippen LogP contribution is -2.44. The number of amides is 1. The van der Waals surface area contributed by atoms with E-state index in [4.69, 9.17) is 0 Å². The molecule has 0 radical (unpaired) electrons. The van der Waals surface area contributed by atoms with Gasteiger partial charge < -0.3 is 10.6 Å². The first kappa shape index (κ1) is 14.5. The Labute approximate surface area is 106 Å². The van der Waals surface area contributed by atoms with Crippen molar-refractivity contribution in [2.45, 2.75) is 66.5 Å². The van der Waals surface area contributed by atoms with Crippen LogP contribution in [0.5, 0.6) is 0 Å². The van der Waals surface area contributed by atoms with Crippen molar-refractivity contribution < 1.29 is 4.79 Å². The Morgan fingerprint density at radius 2 is 1.76 bits per heavy atom. The van der Waals surface area contributed by atoms with Crippen LogP contribution in [0.2, 0.25) is 0 Å². The van der Waals surface area contributed by atoms with Crippen molar-refractivity contribution in [3.05, 3.63) is 0 Å². The minimum absolute atomic E-state index is 0.0992. The highest BCUT2D eigenvalue weighted by atomic mass is 16.2. The molecule has 0 spiro atoms. The zero-order chi connectivity index (χ0) is 13.3. The van der Waals surface area contributed by atoms with Gasteiger partial charge in [-0.05, 0) is 24.2 Å². The van der Waals surface area contributed by atoms with E-state index in [1.807, 2.05) is 6.92 Å². The molecule has 1 unspecified atom stereocenters. The summed E-state index contributed by atoms with van der Waals surface area (Å²) in [5.41, 5.74) is 0.565. The molecule has 1 atom stereocenters. The van der Waals surface area contributed by atoms with Crippen LogP contribution in [0, 0.1) is 10.8 Å². The third-order valence-electron chi connectivity index (χ3n) is 4.66. The summed E-state index contributed by atoms with van der Waals surface area (Å²) in [6.07, 6.45) is 2.17. The molecule has 0 aromatic rings. The van der Waals surface area contributed by atoms with Gasteiger partial charge >= 0.3 is 0 Å². The maximum atomic E-state index is 11.8. The normalized spacial score (nSPS) is 23.2. The first-order chi connectivity index (χ1) is 7.75. The van der Waals surface area contributed by atoms with Crippen LogP contribution in [0.4, 0.5) is 0 Å². The highest BCUT2D eigenvalue weighted by Crippen LogP contribution is 2.62. The third-order valence-corrected chi connectivity index (χ3v) is 4.66. The molecule has 2 N–H and O–H groups in total. The van der Waals surface area contributed by atoms with E-state index in [0.29, 0.717) is 6.04 Å². The molecule has 0 aliphatic heterocycles. The minimum atomic E-state index is -0.0992. The van der Waals surface area contributed by atoms with E-state index in [9.17, 15) is 4.79 Å². The molecular weight excluding hydrogens is 212 g/mol. The summed E-state index contributed by atoms with van der Waals surface area (Å²) in [4.78, 5) is 11.8. The molecular formula is C14H28N2O. The maximum Gasteiger partial charge on any atom is 0.236 e. The Hall–Kier alpha value is -0.570. The van der Waals surface area contributed by atoms with Gasteiger partial charge in [-0.25, -0.2) is 0 Å². The van der Waals surface area contributed by atoms with Gasteiger partial charge in [-0.3, -0.25) is 4.79 Å². The van der Waals surface area contributed by atoms with Crippen LogP contribution >= 0.6 is 0 Å². The molecule has 1 saturated carbocycles. The summed E-state index contributed by atoms with van der Waals surface area (Å²) >= 11 is 0. The zero-order valence-corrected chi connectivity index (χ0v) is 12.2. The zero-order valence-electron chi connectivity index (χ0n) is 12.2. The van der Waals surface area contributed by atoms with E-state index in [0.717, 1.165) is 19.4 Å². The van der Waals surface area contributed by atoms with Crippen LogP contribution in [-0.4, -0.2) is 24.5 Å². The summed E-state index contributed by atoms with van der Waals surface area (Å²) in [5.74, 6) is 0.122. The third kappa shape index (κ3) is 2.82. The van der Waals surface area contributed by atoms with E-state index < -0.39 is 0 Å². The van der Waals surface area contributed by atoms with Gasteiger partial charge in [-0.15, -0.1) is 0 Å². The number of hydrogen-bond donors (Lipinski definition) is 2. The molecule has 3 nitrogen and oxygen atoms in total. The van der Waals surface area contributed by atoms with Crippen molar-refractivity contribution >= 4 is 5.91 Å². The molecule has 1 amide bonds. The number of unbranched alkanes of at least 4 members (excludes halogenated alkanes) is 1. The van der Waals surface area contributed by atoms with Crippen molar-refractivity contribution in [1.29, 1.82) is 0 Å². The standard InChI is InChI=1S/C14H28N2O/c1-7-8-9-15-11(17)10(2)16-12-13(3,4)14(12,5)6/h10,12,16H,7-9H2,1-6H3,(H,15,17).